The highest BCUT2D eigenvalue weighted by Gasteiger charge is 2.19. The summed E-state index contributed by atoms with van der Waals surface area (Å²) in [5, 5.41) is 4.59. The van der Waals surface area contributed by atoms with Crippen molar-refractivity contribution in [3.63, 3.8) is 0 Å². The van der Waals surface area contributed by atoms with Gasteiger partial charge in [0.1, 0.15) is 11.5 Å². The van der Waals surface area contributed by atoms with Gasteiger partial charge in [-0.25, -0.2) is 4.39 Å². The molecule has 1 aromatic carbocycles. The van der Waals surface area contributed by atoms with Crippen LogP contribution in [-0.2, 0) is 0 Å². The summed E-state index contributed by atoms with van der Waals surface area (Å²) in [5.41, 5.74) is 1.59. The Labute approximate surface area is 127 Å². The largest absolute Gasteiger partial charge is 0.298 e. The lowest BCUT2D eigenvalue weighted by Gasteiger charge is -2.21. The molecule has 1 aromatic heterocycles. The highest BCUT2D eigenvalue weighted by Crippen LogP contribution is 2.31. The second kappa shape index (κ2) is 5.98. The Kier molecular flexibility index (Phi) is 4.06. The van der Waals surface area contributed by atoms with Crippen LogP contribution in [0.25, 0.3) is 11.3 Å². The van der Waals surface area contributed by atoms with Crippen molar-refractivity contribution < 1.29 is 9.18 Å². The van der Waals surface area contributed by atoms with Crippen molar-refractivity contribution in [1.82, 2.24) is 9.78 Å². The molecule has 0 bridgehead atoms. The fraction of sp³-hybridized carbons (Fsp3) is 0.375. The number of carbonyl (C=O) groups is 1. The van der Waals surface area contributed by atoms with Gasteiger partial charge in [-0.1, -0.05) is 36.9 Å². The second-order valence-corrected chi connectivity index (χ2v) is 5.86. The quantitative estimate of drug-likeness (QED) is 0.773. The molecule has 0 spiro atoms. The molecular weight excluding hydrogens is 291 g/mol. The minimum atomic E-state index is -0.502. The van der Waals surface area contributed by atoms with E-state index in [1.54, 1.807) is 12.3 Å². The first-order chi connectivity index (χ1) is 10.2. The van der Waals surface area contributed by atoms with E-state index in [9.17, 15) is 9.18 Å². The van der Waals surface area contributed by atoms with Crippen LogP contribution >= 0.6 is 11.6 Å². The number of hydrogen-bond acceptors (Lipinski definition) is 2. The molecule has 3 rings (SSSR count). The smallest absolute Gasteiger partial charge is 0.153 e. The van der Waals surface area contributed by atoms with Gasteiger partial charge in [-0.3, -0.25) is 9.48 Å². The molecule has 0 unspecified atom stereocenters. The van der Waals surface area contributed by atoms with E-state index in [1.807, 2.05) is 4.68 Å². The SMILES string of the molecule is O=Cc1cn(C2CCCCC2)nc1-c1ccc(Cl)c(F)c1. The summed E-state index contributed by atoms with van der Waals surface area (Å²) >= 11 is 5.70. The van der Waals surface area contributed by atoms with E-state index in [-0.39, 0.29) is 5.02 Å². The molecule has 5 heteroatoms. The maximum Gasteiger partial charge on any atom is 0.153 e. The van der Waals surface area contributed by atoms with Crippen LogP contribution in [0.1, 0.15) is 48.5 Å². The number of halogens is 2. The third-order valence-corrected chi connectivity index (χ3v) is 4.34. The highest BCUT2D eigenvalue weighted by atomic mass is 35.5. The lowest BCUT2D eigenvalue weighted by atomic mass is 9.96. The molecule has 1 aliphatic carbocycles. The Balaban J connectivity index is 1.99. The van der Waals surface area contributed by atoms with E-state index in [4.69, 9.17) is 11.6 Å². The third-order valence-electron chi connectivity index (χ3n) is 4.03. The monoisotopic (exact) mass is 306 g/mol. The number of hydrogen-bond donors (Lipinski definition) is 0. The van der Waals surface area contributed by atoms with Gasteiger partial charge in [-0.15, -0.1) is 0 Å². The molecule has 2 aromatic rings. The number of benzene rings is 1. The Morgan fingerprint density at radius 3 is 2.71 bits per heavy atom. The molecule has 21 heavy (non-hydrogen) atoms. The van der Waals surface area contributed by atoms with Crippen molar-refractivity contribution in [2.75, 3.05) is 0 Å². The Hall–Kier alpha value is -1.68. The third kappa shape index (κ3) is 2.86. The Morgan fingerprint density at radius 2 is 2.05 bits per heavy atom. The van der Waals surface area contributed by atoms with Crippen LogP contribution in [0.3, 0.4) is 0 Å². The number of aldehydes is 1. The Morgan fingerprint density at radius 1 is 1.29 bits per heavy atom. The lowest BCUT2D eigenvalue weighted by Crippen LogP contribution is -2.13. The predicted octanol–water partition coefficient (Wildman–Crippen LogP) is 4.66. The first-order valence-electron chi connectivity index (χ1n) is 7.19. The van der Waals surface area contributed by atoms with Crippen LogP contribution in [0.15, 0.2) is 24.4 Å². The summed E-state index contributed by atoms with van der Waals surface area (Å²) < 4.78 is 15.5. The molecule has 0 amide bonds. The van der Waals surface area contributed by atoms with Crippen molar-refractivity contribution in [3.8, 4) is 11.3 Å². The van der Waals surface area contributed by atoms with E-state index in [2.05, 4.69) is 5.10 Å². The van der Waals surface area contributed by atoms with Gasteiger partial charge in [0, 0.05) is 11.8 Å². The summed E-state index contributed by atoms with van der Waals surface area (Å²) in [6.45, 7) is 0. The summed E-state index contributed by atoms with van der Waals surface area (Å²) in [5.74, 6) is -0.502. The molecule has 1 fully saturated rings. The molecule has 110 valence electrons. The molecular formula is C16H16ClFN2O. The van der Waals surface area contributed by atoms with Crippen LogP contribution in [0.2, 0.25) is 5.02 Å². The van der Waals surface area contributed by atoms with E-state index in [0.29, 0.717) is 22.9 Å². The van der Waals surface area contributed by atoms with E-state index < -0.39 is 5.82 Å². The zero-order valence-electron chi connectivity index (χ0n) is 11.6. The average molecular weight is 307 g/mol. The summed E-state index contributed by atoms with van der Waals surface area (Å²) in [6, 6.07) is 4.83. The van der Waals surface area contributed by atoms with Crippen molar-refractivity contribution in [3.05, 3.63) is 40.8 Å². The maximum atomic E-state index is 13.6. The van der Waals surface area contributed by atoms with E-state index >= 15 is 0 Å². The van der Waals surface area contributed by atoms with Gasteiger partial charge in [0.2, 0.25) is 0 Å². The number of nitrogens with zero attached hydrogens (tertiary/aromatic N) is 2. The van der Waals surface area contributed by atoms with Gasteiger partial charge < -0.3 is 0 Å². The van der Waals surface area contributed by atoms with E-state index in [1.165, 1.54) is 31.4 Å². The van der Waals surface area contributed by atoms with Crippen molar-refractivity contribution >= 4 is 17.9 Å². The van der Waals surface area contributed by atoms with Crippen LogP contribution in [-0.4, -0.2) is 16.1 Å². The number of carbonyl (C=O) groups excluding carboxylic acids is 1. The van der Waals surface area contributed by atoms with Crippen molar-refractivity contribution in [2.24, 2.45) is 0 Å². The molecule has 3 nitrogen and oxygen atoms in total. The number of rotatable bonds is 3. The van der Waals surface area contributed by atoms with Crippen molar-refractivity contribution in [1.29, 1.82) is 0 Å². The molecule has 0 aliphatic heterocycles. The molecule has 1 saturated carbocycles. The van der Waals surface area contributed by atoms with Gasteiger partial charge in [0.15, 0.2) is 6.29 Å². The van der Waals surface area contributed by atoms with Crippen LogP contribution < -0.4 is 0 Å². The van der Waals surface area contributed by atoms with Gasteiger partial charge in [-0.2, -0.15) is 5.10 Å². The normalized spacial score (nSPS) is 16.1. The molecule has 0 N–H and O–H groups in total. The van der Waals surface area contributed by atoms with Crippen molar-refractivity contribution in [2.45, 2.75) is 38.1 Å². The number of aromatic nitrogens is 2. The predicted molar refractivity (Wildman–Crippen MR) is 80.1 cm³/mol. The zero-order chi connectivity index (χ0) is 14.8. The summed E-state index contributed by atoms with van der Waals surface area (Å²) in [7, 11) is 0. The standard InChI is InChI=1S/C16H16ClFN2O/c17-14-7-6-11(8-15(14)18)16-12(10-21)9-20(19-16)13-4-2-1-3-5-13/h6-10,13H,1-5H2. The molecule has 0 radical (unpaired) electrons. The molecule has 1 heterocycles. The van der Waals surface area contributed by atoms with Gasteiger partial charge in [0.05, 0.1) is 16.6 Å². The van der Waals surface area contributed by atoms with Crippen LogP contribution in [0.4, 0.5) is 4.39 Å². The van der Waals surface area contributed by atoms with E-state index in [0.717, 1.165) is 19.1 Å². The van der Waals surface area contributed by atoms with Gasteiger partial charge in [0.25, 0.3) is 0 Å². The van der Waals surface area contributed by atoms with Gasteiger partial charge in [-0.05, 0) is 25.0 Å². The lowest BCUT2D eigenvalue weighted by molar-refractivity contribution is 0.112. The average Bonchev–Trinajstić information content (AvgIpc) is 2.95. The fourth-order valence-corrected chi connectivity index (χ4v) is 3.01. The second-order valence-electron chi connectivity index (χ2n) is 5.45. The zero-order valence-corrected chi connectivity index (χ0v) is 12.3. The van der Waals surface area contributed by atoms with Gasteiger partial charge >= 0.3 is 0 Å². The summed E-state index contributed by atoms with van der Waals surface area (Å²) in [4.78, 5) is 11.3. The summed E-state index contributed by atoms with van der Waals surface area (Å²) in [6.07, 6.45) is 8.33. The van der Waals surface area contributed by atoms with Crippen LogP contribution in [0.5, 0.6) is 0 Å². The first kappa shape index (κ1) is 14.3. The fourth-order valence-electron chi connectivity index (χ4n) is 2.89. The Bertz CT molecular complexity index is 662. The van der Waals surface area contributed by atoms with Crippen LogP contribution in [0, 0.1) is 5.82 Å². The first-order valence-corrected chi connectivity index (χ1v) is 7.56. The topological polar surface area (TPSA) is 34.9 Å². The maximum absolute atomic E-state index is 13.6. The highest BCUT2D eigenvalue weighted by molar-refractivity contribution is 6.30. The molecule has 0 atom stereocenters. The molecule has 1 aliphatic rings. The molecule has 0 saturated heterocycles. The minimum absolute atomic E-state index is 0.0677. The minimum Gasteiger partial charge on any atom is -0.298 e.